The standard InChI is InChI=1S/C25H25FN6O2/c1-13-3-4-28-10-18(13)17-7-15-8-20(29-11-19(15)24(27)23(17)26)31-25(34)22-14(2)21(22)16-9-30-32(12-16)5-6-33/h3-4,7-12,14,21-22,33H,5-6,27H2,1-2H3,(H,29,31,34)/t14-,21+,22?/m1/s1. The minimum atomic E-state index is -0.515. The molecule has 0 saturated heterocycles. The van der Waals surface area contributed by atoms with Gasteiger partial charge in [-0.3, -0.25) is 14.5 Å². The van der Waals surface area contributed by atoms with Gasteiger partial charge in [-0.25, -0.2) is 9.37 Å². The summed E-state index contributed by atoms with van der Waals surface area (Å²) in [5, 5.41) is 17.4. The highest BCUT2D eigenvalue weighted by Crippen LogP contribution is 2.54. The zero-order valence-electron chi connectivity index (χ0n) is 18.9. The van der Waals surface area contributed by atoms with E-state index < -0.39 is 5.82 Å². The zero-order valence-corrected chi connectivity index (χ0v) is 18.9. The monoisotopic (exact) mass is 460 g/mol. The molecule has 0 radical (unpaired) electrons. The Hall–Kier alpha value is -3.85. The molecule has 3 atom stereocenters. The molecule has 4 N–H and O–H groups in total. The fourth-order valence-electron chi connectivity index (χ4n) is 4.67. The number of pyridine rings is 2. The van der Waals surface area contributed by atoms with Gasteiger partial charge in [0.2, 0.25) is 5.91 Å². The summed E-state index contributed by atoms with van der Waals surface area (Å²) < 4.78 is 16.7. The van der Waals surface area contributed by atoms with Crippen LogP contribution in [0.4, 0.5) is 15.9 Å². The van der Waals surface area contributed by atoms with Crippen molar-refractivity contribution in [1.82, 2.24) is 19.7 Å². The van der Waals surface area contributed by atoms with Gasteiger partial charge in [0, 0.05) is 53.1 Å². The molecule has 0 spiro atoms. The third-order valence-corrected chi connectivity index (χ3v) is 6.63. The lowest BCUT2D eigenvalue weighted by Crippen LogP contribution is -2.16. The van der Waals surface area contributed by atoms with Crippen molar-refractivity contribution >= 4 is 28.2 Å². The SMILES string of the molecule is Cc1ccncc1-c1cc2cc(NC(=O)C3[C@H](C)[C@H]3c3cnn(CCO)c3)ncc2c(N)c1F. The van der Waals surface area contributed by atoms with Crippen molar-refractivity contribution in [2.24, 2.45) is 11.8 Å². The predicted octanol–water partition coefficient (Wildman–Crippen LogP) is 3.50. The van der Waals surface area contributed by atoms with Crippen molar-refractivity contribution in [3.63, 3.8) is 0 Å². The van der Waals surface area contributed by atoms with Crippen LogP contribution in [0, 0.1) is 24.6 Å². The second kappa shape index (κ2) is 8.49. The van der Waals surface area contributed by atoms with E-state index in [1.54, 1.807) is 35.4 Å². The number of nitrogens with two attached hydrogens (primary N) is 1. The van der Waals surface area contributed by atoms with Crippen molar-refractivity contribution in [2.75, 3.05) is 17.7 Å². The molecule has 1 aliphatic rings. The molecular formula is C25H25FN6O2. The van der Waals surface area contributed by atoms with E-state index in [0.717, 1.165) is 11.1 Å². The number of nitrogen functional groups attached to an aromatic ring is 1. The predicted molar refractivity (Wildman–Crippen MR) is 127 cm³/mol. The van der Waals surface area contributed by atoms with Gasteiger partial charge < -0.3 is 16.2 Å². The molecule has 8 nitrogen and oxygen atoms in total. The number of halogens is 1. The lowest BCUT2D eigenvalue weighted by molar-refractivity contribution is -0.117. The first-order valence-corrected chi connectivity index (χ1v) is 11.1. The first kappa shape index (κ1) is 22.0. The molecule has 3 heterocycles. The molecule has 1 aromatic carbocycles. The normalized spacial score (nSPS) is 19.4. The van der Waals surface area contributed by atoms with Crippen LogP contribution in [0.25, 0.3) is 21.9 Å². The number of aromatic nitrogens is 4. The van der Waals surface area contributed by atoms with Crippen LogP contribution in [0.1, 0.15) is 24.0 Å². The summed E-state index contributed by atoms with van der Waals surface area (Å²) in [6.45, 7) is 4.34. The minimum absolute atomic E-state index is 0.00929. The highest BCUT2D eigenvalue weighted by atomic mass is 19.1. The van der Waals surface area contributed by atoms with Crippen LogP contribution >= 0.6 is 0 Å². The second-order valence-corrected chi connectivity index (χ2v) is 8.79. The number of aliphatic hydroxyl groups excluding tert-OH is 1. The molecule has 34 heavy (non-hydrogen) atoms. The van der Waals surface area contributed by atoms with Gasteiger partial charge in [-0.05, 0) is 47.6 Å². The Bertz CT molecular complexity index is 1400. The van der Waals surface area contributed by atoms with Gasteiger partial charge in [0.15, 0.2) is 5.82 Å². The fourth-order valence-corrected chi connectivity index (χ4v) is 4.67. The van der Waals surface area contributed by atoms with Crippen LogP contribution in [0.15, 0.2) is 49.2 Å². The van der Waals surface area contributed by atoms with Gasteiger partial charge in [-0.1, -0.05) is 6.92 Å². The molecule has 1 amide bonds. The second-order valence-electron chi connectivity index (χ2n) is 8.79. The highest BCUT2D eigenvalue weighted by Gasteiger charge is 2.53. The number of hydrogen-bond donors (Lipinski definition) is 3. The van der Waals surface area contributed by atoms with Crippen molar-refractivity contribution in [2.45, 2.75) is 26.3 Å². The van der Waals surface area contributed by atoms with E-state index in [1.807, 2.05) is 26.1 Å². The van der Waals surface area contributed by atoms with Gasteiger partial charge >= 0.3 is 0 Å². The Kier molecular flexibility index (Phi) is 5.49. The third kappa shape index (κ3) is 3.77. The molecule has 1 fully saturated rings. The number of rotatable bonds is 6. The van der Waals surface area contributed by atoms with Gasteiger partial charge in [0.25, 0.3) is 0 Å². The molecule has 1 saturated carbocycles. The summed E-state index contributed by atoms with van der Waals surface area (Å²) in [7, 11) is 0. The Morgan fingerprint density at radius 2 is 2.09 bits per heavy atom. The maximum absolute atomic E-state index is 15.0. The molecular weight excluding hydrogens is 435 g/mol. The Balaban J connectivity index is 1.40. The maximum Gasteiger partial charge on any atom is 0.229 e. The van der Waals surface area contributed by atoms with E-state index in [2.05, 4.69) is 20.4 Å². The number of fused-ring (bicyclic) bond motifs is 1. The lowest BCUT2D eigenvalue weighted by Gasteiger charge is -2.12. The first-order valence-electron chi connectivity index (χ1n) is 11.1. The summed E-state index contributed by atoms with van der Waals surface area (Å²) in [5.41, 5.74) is 8.98. The number of hydrogen-bond acceptors (Lipinski definition) is 6. The third-order valence-electron chi connectivity index (χ3n) is 6.63. The Morgan fingerprint density at radius 1 is 1.26 bits per heavy atom. The van der Waals surface area contributed by atoms with Crippen LogP contribution in [0.5, 0.6) is 0 Å². The number of carbonyl (C=O) groups excluding carboxylic acids is 1. The molecule has 9 heteroatoms. The van der Waals surface area contributed by atoms with E-state index in [0.29, 0.717) is 34.3 Å². The van der Waals surface area contributed by atoms with Gasteiger partial charge in [-0.15, -0.1) is 0 Å². The molecule has 1 aliphatic carbocycles. The van der Waals surface area contributed by atoms with E-state index in [9.17, 15) is 4.79 Å². The van der Waals surface area contributed by atoms with E-state index >= 15 is 4.39 Å². The largest absolute Gasteiger partial charge is 0.396 e. The molecule has 0 aliphatic heterocycles. The zero-order chi connectivity index (χ0) is 24.0. The number of anilines is 2. The highest BCUT2D eigenvalue weighted by molar-refractivity contribution is 6.00. The fraction of sp³-hybridized carbons (Fsp3) is 0.280. The topological polar surface area (TPSA) is 119 Å². The van der Waals surface area contributed by atoms with Crippen molar-refractivity contribution < 1.29 is 14.3 Å². The number of aryl methyl sites for hydroxylation is 1. The molecule has 1 unspecified atom stereocenters. The summed E-state index contributed by atoms with van der Waals surface area (Å²) in [6.07, 6.45) is 8.37. The molecule has 3 aromatic heterocycles. The summed E-state index contributed by atoms with van der Waals surface area (Å²) in [4.78, 5) is 21.4. The number of nitrogens with one attached hydrogen (secondary N) is 1. The average molecular weight is 461 g/mol. The Morgan fingerprint density at radius 3 is 2.85 bits per heavy atom. The molecule has 174 valence electrons. The average Bonchev–Trinajstić information content (AvgIpc) is 3.27. The minimum Gasteiger partial charge on any atom is -0.396 e. The summed E-state index contributed by atoms with van der Waals surface area (Å²) in [6, 6.07) is 5.23. The van der Waals surface area contributed by atoms with Crippen molar-refractivity contribution in [3.8, 4) is 11.1 Å². The van der Waals surface area contributed by atoms with E-state index in [1.165, 1.54) is 6.20 Å². The van der Waals surface area contributed by atoms with E-state index in [4.69, 9.17) is 10.8 Å². The number of aliphatic hydroxyl groups is 1. The van der Waals surface area contributed by atoms with Crippen molar-refractivity contribution in [3.05, 3.63) is 66.1 Å². The maximum atomic E-state index is 15.0. The quantitative estimate of drug-likeness (QED) is 0.379. The number of amides is 1. The Labute approximate surface area is 195 Å². The smallest absolute Gasteiger partial charge is 0.229 e. The van der Waals surface area contributed by atoms with Gasteiger partial charge in [0.1, 0.15) is 5.82 Å². The lowest BCUT2D eigenvalue weighted by atomic mass is 9.98. The van der Waals surface area contributed by atoms with Gasteiger partial charge in [0.05, 0.1) is 25.0 Å². The van der Waals surface area contributed by atoms with Gasteiger partial charge in [-0.2, -0.15) is 5.10 Å². The number of benzene rings is 1. The van der Waals surface area contributed by atoms with Crippen LogP contribution in [0.3, 0.4) is 0 Å². The van der Waals surface area contributed by atoms with E-state index in [-0.39, 0.29) is 36.0 Å². The molecule has 0 bridgehead atoms. The number of carbonyl (C=O) groups is 1. The summed E-state index contributed by atoms with van der Waals surface area (Å²) in [5.74, 6) is -0.228. The number of nitrogens with zero attached hydrogens (tertiary/aromatic N) is 4. The molecule has 4 aromatic rings. The van der Waals surface area contributed by atoms with Crippen LogP contribution in [-0.4, -0.2) is 37.4 Å². The van der Waals surface area contributed by atoms with Crippen LogP contribution in [-0.2, 0) is 11.3 Å². The first-order chi connectivity index (χ1) is 16.4. The van der Waals surface area contributed by atoms with Crippen LogP contribution in [0.2, 0.25) is 0 Å². The van der Waals surface area contributed by atoms with Crippen molar-refractivity contribution in [1.29, 1.82) is 0 Å². The molecule has 5 rings (SSSR count). The van der Waals surface area contributed by atoms with Crippen LogP contribution < -0.4 is 11.1 Å². The summed E-state index contributed by atoms with van der Waals surface area (Å²) >= 11 is 0.